The number of alkyl halides is 2. The van der Waals surface area contributed by atoms with Gasteiger partial charge in [0.2, 0.25) is 5.92 Å². The molecule has 23 heavy (non-hydrogen) atoms. The van der Waals surface area contributed by atoms with Crippen molar-refractivity contribution in [3.8, 4) is 11.5 Å². The van der Waals surface area contributed by atoms with Crippen LogP contribution < -0.4 is 4.74 Å². The Morgan fingerprint density at radius 1 is 1.22 bits per heavy atom. The Hall–Kier alpha value is -1.82. The minimum Gasteiger partial charge on any atom is -0.455 e. The van der Waals surface area contributed by atoms with Crippen molar-refractivity contribution >= 4 is 11.6 Å². The van der Waals surface area contributed by atoms with Crippen molar-refractivity contribution in [2.75, 3.05) is 0 Å². The number of rotatable bonds is 3. The zero-order valence-corrected chi connectivity index (χ0v) is 12.8. The van der Waals surface area contributed by atoms with Crippen LogP contribution in [0.4, 0.5) is 17.6 Å². The molecule has 1 aliphatic rings. The van der Waals surface area contributed by atoms with Crippen LogP contribution in [-0.4, -0.2) is 10.9 Å². The molecule has 0 unspecified atom stereocenters. The molecule has 2 nitrogen and oxygen atoms in total. The highest BCUT2D eigenvalue weighted by Gasteiger charge is 2.46. The van der Waals surface area contributed by atoms with E-state index in [4.69, 9.17) is 16.3 Å². The van der Waals surface area contributed by atoms with Crippen LogP contribution >= 0.6 is 11.6 Å². The van der Waals surface area contributed by atoms with Gasteiger partial charge in [0.05, 0.1) is 0 Å². The zero-order valence-electron chi connectivity index (χ0n) is 12.0. The molecule has 1 fully saturated rings. The van der Waals surface area contributed by atoms with Gasteiger partial charge < -0.3 is 4.74 Å². The van der Waals surface area contributed by atoms with E-state index in [1.165, 1.54) is 25.3 Å². The van der Waals surface area contributed by atoms with Gasteiger partial charge in [-0.25, -0.2) is 17.6 Å². The largest absolute Gasteiger partial charge is 0.455 e. The number of aromatic nitrogens is 1. The first kappa shape index (κ1) is 16.1. The van der Waals surface area contributed by atoms with Gasteiger partial charge in [0.25, 0.3) is 0 Å². The van der Waals surface area contributed by atoms with Crippen LogP contribution in [0.15, 0.2) is 24.4 Å². The maximum Gasteiger partial charge on any atom is 0.249 e. The summed E-state index contributed by atoms with van der Waals surface area (Å²) in [6, 6.07) is 3.69. The van der Waals surface area contributed by atoms with E-state index in [1.807, 2.05) is 0 Å². The average molecular weight is 346 g/mol. The standard InChI is InChI=1S/C16H12ClF4NO/c1-8-13(3-2-11(18)15(8)19)23-14-4-12(22-7-10(14)17)9-5-16(20,21)6-9/h2-4,7,9H,5-6H2,1H3. The molecule has 1 aromatic carbocycles. The molecule has 1 saturated carbocycles. The zero-order chi connectivity index (χ0) is 16.8. The number of hydrogen-bond donors (Lipinski definition) is 0. The van der Waals surface area contributed by atoms with Crippen molar-refractivity contribution < 1.29 is 22.3 Å². The molecule has 7 heteroatoms. The number of pyridine rings is 1. The molecule has 0 amide bonds. The highest BCUT2D eigenvalue weighted by Crippen LogP contribution is 2.48. The van der Waals surface area contributed by atoms with E-state index in [0.29, 0.717) is 5.69 Å². The number of benzene rings is 1. The molecular formula is C16H12ClF4NO. The highest BCUT2D eigenvalue weighted by molar-refractivity contribution is 6.31. The Bertz CT molecular complexity index is 758. The molecule has 0 atom stereocenters. The summed E-state index contributed by atoms with van der Waals surface area (Å²) in [6.45, 7) is 1.37. The number of ether oxygens (including phenoxy) is 1. The molecule has 122 valence electrons. The fraction of sp³-hybridized carbons (Fsp3) is 0.312. The van der Waals surface area contributed by atoms with Crippen molar-refractivity contribution in [3.63, 3.8) is 0 Å². The molecule has 0 saturated heterocycles. The van der Waals surface area contributed by atoms with Gasteiger partial charge in [-0.05, 0) is 19.1 Å². The van der Waals surface area contributed by atoms with Crippen molar-refractivity contribution in [1.82, 2.24) is 4.98 Å². The Morgan fingerprint density at radius 3 is 2.57 bits per heavy atom. The van der Waals surface area contributed by atoms with Gasteiger partial charge in [-0.1, -0.05) is 11.6 Å². The van der Waals surface area contributed by atoms with Crippen molar-refractivity contribution in [3.05, 3.63) is 52.3 Å². The van der Waals surface area contributed by atoms with E-state index in [2.05, 4.69) is 4.98 Å². The van der Waals surface area contributed by atoms with Crippen LogP contribution in [-0.2, 0) is 0 Å². The topological polar surface area (TPSA) is 22.1 Å². The average Bonchev–Trinajstić information content (AvgIpc) is 2.47. The predicted octanol–water partition coefficient (Wildman–Crippen LogP) is 5.63. The first-order chi connectivity index (χ1) is 10.8. The quantitative estimate of drug-likeness (QED) is 0.673. The molecular weight excluding hydrogens is 334 g/mol. The predicted molar refractivity (Wildman–Crippen MR) is 77.3 cm³/mol. The lowest BCUT2D eigenvalue weighted by molar-refractivity contribution is -0.0876. The summed E-state index contributed by atoms with van der Waals surface area (Å²) in [5.41, 5.74) is 0.435. The van der Waals surface area contributed by atoms with Gasteiger partial charge in [-0.2, -0.15) is 0 Å². The third kappa shape index (κ3) is 3.13. The summed E-state index contributed by atoms with van der Waals surface area (Å²) < 4.78 is 58.2. The Labute approximate surface area is 135 Å². The van der Waals surface area contributed by atoms with Gasteiger partial charge >= 0.3 is 0 Å². The van der Waals surface area contributed by atoms with Crippen LogP contribution in [0.5, 0.6) is 11.5 Å². The lowest BCUT2D eigenvalue weighted by Crippen LogP contribution is -2.34. The van der Waals surface area contributed by atoms with Crippen molar-refractivity contribution in [2.24, 2.45) is 0 Å². The van der Waals surface area contributed by atoms with Crippen LogP contribution in [0.1, 0.15) is 30.0 Å². The lowest BCUT2D eigenvalue weighted by Gasteiger charge is -2.34. The lowest BCUT2D eigenvalue weighted by atomic mass is 9.79. The van der Waals surface area contributed by atoms with Crippen LogP contribution in [0.25, 0.3) is 0 Å². The van der Waals surface area contributed by atoms with Gasteiger partial charge in [-0.3, -0.25) is 4.98 Å². The first-order valence-corrected chi connectivity index (χ1v) is 7.30. The summed E-state index contributed by atoms with van der Waals surface area (Å²) in [5, 5.41) is 0.156. The third-order valence-electron chi connectivity index (χ3n) is 3.86. The summed E-state index contributed by atoms with van der Waals surface area (Å²) in [6.07, 6.45) is 0.758. The molecule has 1 heterocycles. The van der Waals surface area contributed by atoms with E-state index >= 15 is 0 Å². The minimum absolute atomic E-state index is 0.00499. The Morgan fingerprint density at radius 2 is 1.91 bits per heavy atom. The van der Waals surface area contributed by atoms with Gasteiger partial charge in [0, 0.05) is 42.3 Å². The van der Waals surface area contributed by atoms with Crippen molar-refractivity contribution in [1.29, 1.82) is 0 Å². The molecule has 1 aromatic heterocycles. The van der Waals surface area contributed by atoms with Gasteiger partial charge in [0.15, 0.2) is 11.6 Å². The normalized spacial score (nSPS) is 17.0. The van der Waals surface area contributed by atoms with E-state index in [-0.39, 0.29) is 40.8 Å². The molecule has 0 spiro atoms. The summed E-state index contributed by atoms with van der Waals surface area (Å²) in [5.74, 6) is -4.75. The molecule has 0 N–H and O–H groups in total. The summed E-state index contributed by atoms with van der Waals surface area (Å²) >= 11 is 5.99. The highest BCUT2D eigenvalue weighted by atomic mass is 35.5. The van der Waals surface area contributed by atoms with Crippen LogP contribution in [0.2, 0.25) is 5.02 Å². The minimum atomic E-state index is -2.66. The summed E-state index contributed by atoms with van der Waals surface area (Å²) in [7, 11) is 0. The smallest absolute Gasteiger partial charge is 0.249 e. The molecule has 3 rings (SSSR count). The second-order valence-corrected chi connectivity index (χ2v) is 5.99. The SMILES string of the molecule is Cc1c(Oc2cc(C3CC(F)(F)C3)ncc2Cl)ccc(F)c1F. The van der Waals surface area contributed by atoms with Crippen LogP contribution in [0.3, 0.4) is 0 Å². The Balaban J connectivity index is 1.87. The second-order valence-electron chi connectivity index (χ2n) is 5.59. The van der Waals surface area contributed by atoms with E-state index in [0.717, 1.165) is 6.07 Å². The fourth-order valence-corrected chi connectivity index (χ4v) is 2.61. The number of halogens is 5. The van der Waals surface area contributed by atoms with Gasteiger partial charge in [0.1, 0.15) is 16.5 Å². The molecule has 2 aromatic rings. The first-order valence-electron chi connectivity index (χ1n) is 6.92. The maximum atomic E-state index is 13.6. The summed E-state index contributed by atoms with van der Waals surface area (Å²) in [4.78, 5) is 4.04. The van der Waals surface area contributed by atoms with Crippen LogP contribution in [0, 0.1) is 18.6 Å². The van der Waals surface area contributed by atoms with E-state index < -0.39 is 17.6 Å². The third-order valence-corrected chi connectivity index (χ3v) is 4.14. The maximum absolute atomic E-state index is 13.6. The monoisotopic (exact) mass is 345 g/mol. The van der Waals surface area contributed by atoms with Gasteiger partial charge in [-0.15, -0.1) is 0 Å². The number of hydrogen-bond acceptors (Lipinski definition) is 2. The molecule has 1 aliphatic carbocycles. The van der Waals surface area contributed by atoms with Crippen molar-refractivity contribution in [2.45, 2.75) is 31.6 Å². The molecule has 0 radical (unpaired) electrons. The van der Waals surface area contributed by atoms with E-state index in [9.17, 15) is 17.6 Å². The number of nitrogens with zero attached hydrogens (tertiary/aromatic N) is 1. The second kappa shape index (κ2) is 5.67. The van der Waals surface area contributed by atoms with E-state index in [1.54, 1.807) is 0 Å². The molecule has 0 bridgehead atoms. The fourth-order valence-electron chi connectivity index (χ4n) is 2.47. The molecule has 0 aliphatic heterocycles. The Kier molecular flexibility index (Phi) is 3.96.